The second-order valence-electron chi connectivity index (χ2n) is 20.1. The van der Waals surface area contributed by atoms with E-state index >= 15 is 0 Å². The first-order chi connectivity index (χ1) is 28.7. The van der Waals surface area contributed by atoms with Crippen molar-refractivity contribution in [2.75, 3.05) is 9.80 Å². The Bertz CT molecular complexity index is 2790. The number of fused-ring (bicyclic) bond motifs is 6. The first-order valence-corrected chi connectivity index (χ1v) is 22.9. The van der Waals surface area contributed by atoms with Gasteiger partial charge in [-0.05, 0) is 147 Å². The lowest BCUT2D eigenvalue weighted by Crippen LogP contribution is -2.20. The minimum Gasteiger partial charge on any atom is -0.455 e. The van der Waals surface area contributed by atoms with Gasteiger partial charge in [-0.3, -0.25) is 0 Å². The van der Waals surface area contributed by atoms with Crippen molar-refractivity contribution in [2.45, 2.75) is 105 Å². The normalized spacial score (nSPS) is 19.6. The van der Waals surface area contributed by atoms with Crippen molar-refractivity contribution < 1.29 is 4.74 Å². The number of thiol groups is 1. The van der Waals surface area contributed by atoms with Gasteiger partial charge >= 0.3 is 0 Å². The van der Waals surface area contributed by atoms with Crippen molar-refractivity contribution >= 4 is 45.0 Å². The Morgan fingerprint density at radius 2 is 1.00 bits per heavy atom. The molecule has 7 aromatic rings. The number of para-hydroxylation sites is 1. The third kappa shape index (κ3) is 5.63. The molecule has 0 spiro atoms. The Morgan fingerprint density at radius 3 is 1.63 bits per heavy atom. The van der Waals surface area contributed by atoms with Crippen LogP contribution in [0.15, 0.2) is 166 Å². The van der Waals surface area contributed by atoms with Crippen LogP contribution in [0.4, 0.5) is 34.1 Å². The molecule has 2 aliphatic heterocycles. The highest BCUT2D eigenvalue weighted by molar-refractivity contribution is 8.17. The maximum atomic E-state index is 6.88. The average molecular weight is 803 g/mol. The minimum atomic E-state index is -0.930. The van der Waals surface area contributed by atoms with E-state index in [0.29, 0.717) is 0 Å². The molecule has 2 aliphatic carbocycles. The van der Waals surface area contributed by atoms with Crippen molar-refractivity contribution in [2.24, 2.45) is 0 Å². The molecule has 2 heterocycles. The van der Waals surface area contributed by atoms with Crippen LogP contribution in [0.3, 0.4) is 0 Å². The van der Waals surface area contributed by atoms with Gasteiger partial charge in [-0.2, -0.15) is 10.9 Å². The number of ether oxygens (including phenoxy) is 1. The van der Waals surface area contributed by atoms with Crippen LogP contribution in [0.1, 0.15) is 90.5 Å². The Labute approximate surface area is 359 Å². The first kappa shape index (κ1) is 37.3. The van der Waals surface area contributed by atoms with Crippen LogP contribution in [0.2, 0.25) is 0 Å². The highest BCUT2D eigenvalue weighted by Gasteiger charge is 2.44. The summed E-state index contributed by atoms with van der Waals surface area (Å²) in [6.07, 6.45) is 2.27. The largest absolute Gasteiger partial charge is 0.455 e. The van der Waals surface area contributed by atoms with Crippen LogP contribution >= 0.6 is 10.9 Å². The van der Waals surface area contributed by atoms with E-state index in [4.69, 9.17) is 4.74 Å². The lowest BCUT2D eigenvalue weighted by Gasteiger charge is -2.43. The zero-order valence-electron chi connectivity index (χ0n) is 36.1. The Kier molecular flexibility index (Phi) is 8.02. The average Bonchev–Trinajstić information content (AvgIpc) is 3.54. The summed E-state index contributed by atoms with van der Waals surface area (Å²) in [6.45, 7) is 19.3. The van der Waals surface area contributed by atoms with Gasteiger partial charge in [-0.15, -0.1) is 0 Å². The van der Waals surface area contributed by atoms with E-state index in [1.54, 1.807) is 0 Å². The lowest BCUT2D eigenvalue weighted by atomic mass is 9.82. The van der Waals surface area contributed by atoms with Gasteiger partial charge in [-0.25, -0.2) is 0 Å². The Hall–Kier alpha value is -5.71. The van der Waals surface area contributed by atoms with Gasteiger partial charge < -0.3 is 14.5 Å². The molecule has 4 heteroatoms. The summed E-state index contributed by atoms with van der Waals surface area (Å²) in [6, 6.07) is 56.9. The smallest absolute Gasteiger partial charge is 0.142 e. The molecule has 0 saturated heterocycles. The third-order valence-electron chi connectivity index (χ3n) is 13.9. The highest BCUT2D eigenvalue weighted by Crippen LogP contribution is 2.70. The lowest BCUT2D eigenvalue weighted by molar-refractivity contribution is 0.403. The van der Waals surface area contributed by atoms with Crippen molar-refractivity contribution in [1.29, 1.82) is 0 Å². The van der Waals surface area contributed by atoms with Crippen LogP contribution in [-0.4, -0.2) is 0 Å². The second-order valence-corrected chi connectivity index (χ2v) is 22.2. The van der Waals surface area contributed by atoms with Gasteiger partial charge in [-0.1, -0.05) is 128 Å². The molecular formula is C56H54N2OS. The molecule has 0 bridgehead atoms. The molecule has 0 N–H and O–H groups in total. The molecule has 60 heavy (non-hydrogen) atoms. The van der Waals surface area contributed by atoms with Crippen LogP contribution in [0.25, 0.3) is 11.1 Å². The monoisotopic (exact) mass is 802 g/mol. The fourth-order valence-corrected chi connectivity index (χ4v) is 14.4. The van der Waals surface area contributed by atoms with E-state index < -0.39 is 10.9 Å². The van der Waals surface area contributed by atoms with E-state index in [1.165, 1.54) is 70.8 Å². The number of benzene rings is 7. The Balaban J connectivity index is 1.14. The molecular weight excluding hydrogens is 749 g/mol. The van der Waals surface area contributed by atoms with Gasteiger partial charge in [0.1, 0.15) is 11.5 Å². The molecule has 11 rings (SSSR count). The van der Waals surface area contributed by atoms with Crippen molar-refractivity contribution in [3.8, 4) is 22.6 Å². The summed E-state index contributed by atoms with van der Waals surface area (Å²) in [5, 5.41) is 0. The maximum absolute atomic E-state index is 6.88. The minimum absolute atomic E-state index is 0.0747. The standard InChI is InChI=1S/C56H54N2OS/c1-53(2)34-55(5,6)44-31-39(23-26-42(44)53)57(40-24-27-43-45(32-40)56(7,8)35-54(43,3)4)41-25-29-50-47(33-41)58(38-18-13-10-14-19-38)46-20-15-21-48-52(46)60(50)51-28-22-37(30-49(51)59-48)36-16-11-9-12-17-36/h9-33,60H,34-35H2,1-8H3. The number of nitrogens with zero attached hydrogens (tertiary/aromatic N) is 2. The molecule has 1 unspecified atom stereocenters. The van der Waals surface area contributed by atoms with Crippen LogP contribution in [-0.2, 0) is 21.7 Å². The van der Waals surface area contributed by atoms with E-state index in [-0.39, 0.29) is 21.7 Å². The SMILES string of the molecule is CC1(C)CC(C)(C)c2cc(N(c3ccc4c(c3)N(c3ccccc3)c3cccc5c3[SH]4c3ccc(-c4ccccc4)cc3O5)c3ccc4c(c3)C(C)(C)CC4(C)C)ccc21. The molecule has 0 amide bonds. The van der Waals surface area contributed by atoms with Crippen molar-refractivity contribution in [3.05, 3.63) is 174 Å². The molecule has 0 saturated carbocycles. The highest BCUT2D eigenvalue weighted by atomic mass is 32.2. The fourth-order valence-electron chi connectivity index (χ4n) is 11.8. The molecule has 4 aliphatic rings. The fraction of sp³-hybridized carbons (Fsp3) is 0.250. The number of hydrogen-bond donors (Lipinski definition) is 1. The van der Waals surface area contributed by atoms with Gasteiger partial charge in [0, 0.05) is 32.5 Å². The predicted octanol–water partition coefficient (Wildman–Crippen LogP) is 16.1. The zero-order chi connectivity index (χ0) is 41.3. The number of anilines is 6. The molecule has 300 valence electrons. The molecule has 0 aromatic heterocycles. The molecule has 0 fully saturated rings. The van der Waals surface area contributed by atoms with E-state index in [1.807, 2.05) is 0 Å². The molecule has 7 aromatic carbocycles. The van der Waals surface area contributed by atoms with Gasteiger partial charge in [0.2, 0.25) is 0 Å². The van der Waals surface area contributed by atoms with E-state index in [2.05, 4.69) is 217 Å². The molecule has 3 nitrogen and oxygen atoms in total. The summed E-state index contributed by atoms with van der Waals surface area (Å²) in [7, 11) is -0.930. The molecule has 1 atom stereocenters. The predicted molar refractivity (Wildman–Crippen MR) is 253 cm³/mol. The quantitative estimate of drug-likeness (QED) is 0.175. The summed E-state index contributed by atoms with van der Waals surface area (Å²) in [4.78, 5) is 8.89. The van der Waals surface area contributed by atoms with Crippen molar-refractivity contribution in [1.82, 2.24) is 0 Å². The van der Waals surface area contributed by atoms with Gasteiger partial charge in [0.15, 0.2) is 0 Å². The van der Waals surface area contributed by atoms with E-state index in [0.717, 1.165) is 35.7 Å². The second kappa shape index (κ2) is 12.9. The zero-order valence-corrected chi connectivity index (χ0v) is 37.0. The Morgan fingerprint density at radius 1 is 0.450 bits per heavy atom. The maximum Gasteiger partial charge on any atom is 0.142 e. The van der Waals surface area contributed by atoms with Gasteiger partial charge in [0.25, 0.3) is 0 Å². The topological polar surface area (TPSA) is 15.7 Å². The van der Waals surface area contributed by atoms with E-state index in [9.17, 15) is 0 Å². The summed E-state index contributed by atoms with van der Waals surface area (Å²) in [5.41, 5.74) is 15.7. The molecule has 0 radical (unpaired) electrons. The van der Waals surface area contributed by atoms with Crippen LogP contribution in [0.5, 0.6) is 11.5 Å². The number of rotatable bonds is 5. The van der Waals surface area contributed by atoms with Crippen molar-refractivity contribution in [3.63, 3.8) is 0 Å². The first-order valence-electron chi connectivity index (χ1n) is 21.6. The summed E-state index contributed by atoms with van der Waals surface area (Å²) in [5.74, 6) is 1.89. The number of hydrogen-bond acceptors (Lipinski definition) is 3. The summed E-state index contributed by atoms with van der Waals surface area (Å²) >= 11 is 0. The third-order valence-corrected chi connectivity index (χ3v) is 16.5. The summed E-state index contributed by atoms with van der Waals surface area (Å²) < 4.78 is 6.88. The van der Waals surface area contributed by atoms with Crippen LogP contribution in [0, 0.1) is 0 Å². The van der Waals surface area contributed by atoms with Crippen LogP contribution < -0.4 is 14.5 Å². The van der Waals surface area contributed by atoms with Gasteiger partial charge in [0.05, 0.1) is 16.3 Å².